The van der Waals surface area contributed by atoms with Crippen LogP contribution in [0.25, 0.3) is 0 Å². The summed E-state index contributed by atoms with van der Waals surface area (Å²) in [6.07, 6.45) is 3.99. The number of nitrogens with two attached hydrogens (primary N) is 1. The minimum absolute atomic E-state index is 0. The van der Waals surface area contributed by atoms with Crippen molar-refractivity contribution in [2.45, 2.75) is 58.5 Å². The van der Waals surface area contributed by atoms with Crippen molar-refractivity contribution in [2.75, 3.05) is 6.61 Å². The number of hydrogen-bond donors (Lipinski definition) is 2. The highest BCUT2D eigenvalue weighted by molar-refractivity contribution is 5.85. The molecule has 5 heteroatoms. The predicted octanol–water partition coefficient (Wildman–Crippen LogP) is 3.67. The molecule has 4 nitrogen and oxygen atoms in total. The first kappa shape index (κ1) is 20.8. The standard InChI is InChI=1S/C19H30N2O2.ClH/c1-14(2)13-23-17-10-5-4-8-15(17)12-21-18(22)16-9-6-7-11-19(16,3)20;/h4-5,8,10,14,16H,6-7,9,11-13,20H2,1-3H3,(H,21,22);1H. The van der Waals surface area contributed by atoms with Crippen molar-refractivity contribution >= 4 is 18.3 Å². The number of hydrogen-bond acceptors (Lipinski definition) is 3. The zero-order valence-electron chi connectivity index (χ0n) is 15.0. The van der Waals surface area contributed by atoms with Gasteiger partial charge in [0.1, 0.15) is 5.75 Å². The van der Waals surface area contributed by atoms with Crippen LogP contribution in [0, 0.1) is 11.8 Å². The number of amides is 1. The summed E-state index contributed by atoms with van der Waals surface area (Å²) in [5, 5.41) is 3.05. The van der Waals surface area contributed by atoms with Gasteiger partial charge in [-0.25, -0.2) is 0 Å². The minimum atomic E-state index is -0.393. The number of ether oxygens (including phenoxy) is 1. The van der Waals surface area contributed by atoms with Gasteiger partial charge in [-0.05, 0) is 31.7 Å². The smallest absolute Gasteiger partial charge is 0.225 e. The zero-order valence-corrected chi connectivity index (χ0v) is 15.8. The molecule has 24 heavy (non-hydrogen) atoms. The second-order valence-electron chi connectivity index (χ2n) is 7.33. The molecule has 0 bridgehead atoms. The molecule has 1 amide bonds. The van der Waals surface area contributed by atoms with E-state index in [0.29, 0.717) is 19.1 Å². The second kappa shape index (κ2) is 9.28. The van der Waals surface area contributed by atoms with Gasteiger partial charge in [0.15, 0.2) is 0 Å². The van der Waals surface area contributed by atoms with E-state index in [0.717, 1.165) is 37.0 Å². The lowest BCUT2D eigenvalue weighted by Gasteiger charge is -2.37. The fraction of sp³-hybridized carbons (Fsp3) is 0.632. The van der Waals surface area contributed by atoms with Crippen molar-refractivity contribution < 1.29 is 9.53 Å². The van der Waals surface area contributed by atoms with Crippen LogP contribution in [0.2, 0.25) is 0 Å². The van der Waals surface area contributed by atoms with E-state index in [-0.39, 0.29) is 24.2 Å². The Morgan fingerprint density at radius 2 is 2.08 bits per heavy atom. The fourth-order valence-electron chi connectivity index (χ4n) is 3.14. The zero-order chi connectivity index (χ0) is 16.9. The van der Waals surface area contributed by atoms with Crippen LogP contribution in [0.4, 0.5) is 0 Å². The molecule has 1 aliphatic carbocycles. The van der Waals surface area contributed by atoms with Gasteiger partial charge in [0.25, 0.3) is 0 Å². The van der Waals surface area contributed by atoms with Crippen molar-refractivity contribution in [1.82, 2.24) is 5.32 Å². The quantitative estimate of drug-likeness (QED) is 0.819. The Balaban J connectivity index is 0.00000288. The number of nitrogens with one attached hydrogen (secondary N) is 1. The van der Waals surface area contributed by atoms with E-state index in [1.54, 1.807) is 0 Å². The Hall–Kier alpha value is -1.26. The Labute approximate surface area is 151 Å². The molecule has 0 aliphatic heterocycles. The van der Waals surface area contributed by atoms with E-state index in [1.807, 2.05) is 31.2 Å². The molecule has 1 aromatic carbocycles. The van der Waals surface area contributed by atoms with Crippen molar-refractivity contribution in [3.8, 4) is 5.75 Å². The van der Waals surface area contributed by atoms with Crippen LogP contribution in [0.3, 0.4) is 0 Å². The van der Waals surface area contributed by atoms with Gasteiger partial charge >= 0.3 is 0 Å². The minimum Gasteiger partial charge on any atom is -0.493 e. The molecule has 2 unspecified atom stereocenters. The van der Waals surface area contributed by atoms with Crippen molar-refractivity contribution in [2.24, 2.45) is 17.6 Å². The van der Waals surface area contributed by atoms with Crippen LogP contribution >= 0.6 is 12.4 Å². The maximum atomic E-state index is 12.5. The normalized spacial score (nSPS) is 23.5. The van der Waals surface area contributed by atoms with E-state index in [4.69, 9.17) is 10.5 Å². The van der Waals surface area contributed by atoms with Crippen LogP contribution in [0.1, 0.15) is 52.0 Å². The molecular formula is C19H31ClN2O2. The molecule has 1 aromatic rings. The summed E-state index contributed by atoms with van der Waals surface area (Å²) in [6.45, 7) is 7.40. The van der Waals surface area contributed by atoms with E-state index >= 15 is 0 Å². The third-order valence-corrected chi connectivity index (χ3v) is 4.57. The molecule has 0 saturated heterocycles. The summed E-state index contributed by atoms with van der Waals surface area (Å²) < 4.78 is 5.84. The first-order chi connectivity index (χ1) is 10.9. The summed E-state index contributed by atoms with van der Waals surface area (Å²) in [5.41, 5.74) is 6.93. The average molecular weight is 355 g/mol. The summed E-state index contributed by atoms with van der Waals surface area (Å²) in [7, 11) is 0. The predicted molar refractivity (Wildman–Crippen MR) is 100 cm³/mol. The van der Waals surface area contributed by atoms with Crippen molar-refractivity contribution in [3.63, 3.8) is 0 Å². The number of benzene rings is 1. The summed E-state index contributed by atoms with van der Waals surface area (Å²) in [4.78, 5) is 12.5. The molecule has 0 aromatic heterocycles. The number of rotatable bonds is 6. The lowest BCUT2D eigenvalue weighted by molar-refractivity contribution is -0.128. The molecule has 2 rings (SSSR count). The molecule has 136 valence electrons. The Morgan fingerprint density at radius 3 is 2.75 bits per heavy atom. The van der Waals surface area contributed by atoms with Gasteiger partial charge < -0.3 is 15.8 Å². The van der Waals surface area contributed by atoms with Crippen LogP contribution in [-0.4, -0.2) is 18.1 Å². The van der Waals surface area contributed by atoms with Gasteiger partial charge in [-0.1, -0.05) is 44.9 Å². The first-order valence-electron chi connectivity index (χ1n) is 8.67. The maximum Gasteiger partial charge on any atom is 0.225 e. The molecule has 1 aliphatic rings. The van der Waals surface area contributed by atoms with Gasteiger partial charge in [0.05, 0.1) is 12.5 Å². The van der Waals surface area contributed by atoms with Crippen LogP contribution < -0.4 is 15.8 Å². The Kier molecular flexibility index (Phi) is 8.04. The van der Waals surface area contributed by atoms with Gasteiger partial charge in [-0.15, -0.1) is 12.4 Å². The largest absolute Gasteiger partial charge is 0.493 e. The Bertz CT molecular complexity index is 532. The van der Waals surface area contributed by atoms with Crippen molar-refractivity contribution in [1.29, 1.82) is 0 Å². The van der Waals surface area contributed by atoms with E-state index in [9.17, 15) is 4.79 Å². The van der Waals surface area contributed by atoms with E-state index in [2.05, 4.69) is 19.2 Å². The van der Waals surface area contributed by atoms with Crippen LogP contribution in [0.15, 0.2) is 24.3 Å². The topological polar surface area (TPSA) is 64.3 Å². The molecule has 2 atom stereocenters. The fourth-order valence-corrected chi connectivity index (χ4v) is 3.14. The van der Waals surface area contributed by atoms with Gasteiger partial charge in [0, 0.05) is 17.6 Å². The lowest BCUT2D eigenvalue weighted by Crippen LogP contribution is -2.52. The number of carbonyl (C=O) groups excluding carboxylic acids is 1. The summed E-state index contributed by atoms with van der Waals surface area (Å²) >= 11 is 0. The monoisotopic (exact) mass is 354 g/mol. The van der Waals surface area contributed by atoms with E-state index < -0.39 is 5.54 Å². The molecule has 1 saturated carbocycles. The summed E-state index contributed by atoms with van der Waals surface area (Å²) in [6, 6.07) is 7.88. The molecule has 0 heterocycles. The Morgan fingerprint density at radius 1 is 1.38 bits per heavy atom. The number of carbonyl (C=O) groups is 1. The lowest BCUT2D eigenvalue weighted by atomic mass is 9.74. The highest BCUT2D eigenvalue weighted by Crippen LogP contribution is 2.31. The number of halogens is 1. The highest BCUT2D eigenvalue weighted by Gasteiger charge is 2.37. The molecule has 0 spiro atoms. The van der Waals surface area contributed by atoms with Gasteiger partial charge in [-0.3, -0.25) is 4.79 Å². The van der Waals surface area contributed by atoms with Gasteiger partial charge in [0.2, 0.25) is 5.91 Å². The highest BCUT2D eigenvalue weighted by atomic mass is 35.5. The molecule has 1 fully saturated rings. The average Bonchev–Trinajstić information content (AvgIpc) is 2.51. The van der Waals surface area contributed by atoms with Gasteiger partial charge in [-0.2, -0.15) is 0 Å². The second-order valence-corrected chi connectivity index (χ2v) is 7.33. The van der Waals surface area contributed by atoms with E-state index in [1.165, 1.54) is 0 Å². The van der Waals surface area contributed by atoms with Crippen LogP contribution in [-0.2, 0) is 11.3 Å². The third kappa shape index (κ3) is 5.67. The molecule has 3 N–H and O–H groups in total. The SMILES string of the molecule is CC(C)COc1ccccc1CNC(=O)C1CCCCC1(C)N.Cl. The summed E-state index contributed by atoms with van der Waals surface area (Å²) in [5.74, 6) is 1.28. The first-order valence-corrected chi connectivity index (χ1v) is 8.67. The van der Waals surface area contributed by atoms with Crippen LogP contribution in [0.5, 0.6) is 5.75 Å². The molecule has 0 radical (unpaired) electrons. The maximum absolute atomic E-state index is 12.5. The third-order valence-electron chi connectivity index (χ3n) is 4.57. The molecular weight excluding hydrogens is 324 g/mol. The van der Waals surface area contributed by atoms with Crippen molar-refractivity contribution in [3.05, 3.63) is 29.8 Å². The number of para-hydroxylation sites is 1.